The number of anilines is 1. The zero-order chi connectivity index (χ0) is 13.0. The summed E-state index contributed by atoms with van der Waals surface area (Å²) >= 11 is 5.01. The molecule has 3 nitrogen and oxygen atoms in total. The Labute approximate surface area is 118 Å². The third-order valence-electron chi connectivity index (χ3n) is 2.50. The van der Waals surface area contributed by atoms with E-state index in [2.05, 4.69) is 27.3 Å². The molecule has 3 N–H and O–H groups in total. The average molecular weight is 325 g/mol. The highest BCUT2D eigenvalue weighted by Crippen LogP contribution is 2.18. The van der Waals surface area contributed by atoms with E-state index in [1.807, 2.05) is 17.5 Å². The molecule has 1 aromatic heterocycles. The van der Waals surface area contributed by atoms with E-state index in [0.29, 0.717) is 17.8 Å². The molecule has 1 amide bonds. The molecule has 0 saturated carbocycles. The van der Waals surface area contributed by atoms with Crippen molar-refractivity contribution in [3.8, 4) is 0 Å². The van der Waals surface area contributed by atoms with Crippen molar-refractivity contribution in [1.82, 2.24) is 5.32 Å². The summed E-state index contributed by atoms with van der Waals surface area (Å²) in [5.41, 5.74) is 6.80. The van der Waals surface area contributed by atoms with E-state index >= 15 is 0 Å². The average Bonchev–Trinajstić information content (AvgIpc) is 2.81. The lowest BCUT2D eigenvalue weighted by atomic mass is 10.1. The Morgan fingerprint density at radius 1 is 1.39 bits per heavy atom. The standard InChI is InChI=1S/C13H13BrN2OS/c14-9-3-4-11(12(15)8-9)13(17)16-6-5-10-2-1-7-18-10/h1-4,7-8H,5-6,15H2,(H,16,17). The lowest BCUT2D eigenvalue weighted by molar-refractivity contribution is 0.0955. The van der Waals surface area contributed by atoms with E-state index in [1.54, 1.807) is 23.5 Å². The molecule has 1 heterocycles. The van der Waals surface area contributed by atoms with Gasteiger partial charge in [-0.25, -0.2) is 0 Å². The molecule has 18 heavy (non-hydrogen) atoms. The molecule has 2 rings (SSSR count). The number of nitrogen functional groups attached to an aromatic ring is 1. The van der Waals surface area contributed by atoms with Crippen LogP contribution in [0.5, 0.6) is 0 Å². The van der Waals surface area contributed by atoms with Gasteiger partial charge in [-0.1, -0.05) is 22.0 Å². The summed E-state index contributed by atoms with van der Waals surface area (Å²) in [4.78, 5) is 13.2. The van der Waals surface area contributed by atoms with Gasteiger partial charge in [0, 0.05) is 21.6 Å². The maximum absolute atomic E-state index is 11.9. The van der Waals surface area contributed by atoms with Crippen molar-refractivity contribution in [1.29, 1.82) is 0 Å². The predicted molar refractivity (Wildman–Crippen MR) is 78.9 cm³/mol. The van der Waals surface area contributed by atoms with Crippen LogP contribution in [0.2, 0.25) is 0 Å². The fraction of sp³-hybridized carbons (Fsp3) is 0.154. The third kappa shape index (κ3) is 3.34. The SMILES string of the molecule is Nc1cc(Br)ccc1C(=O)NCCc1cccs1. The molecule has 0 spiro atoms. The van der Waals surface area contributed by atoms with Gasteiger partial charge in [-0.3, -0.25) is 4.79 Å². The van der Waals surface area contributed by atoms with Crippen LogP contribution in [0.4, 0.5) is 5.69 Å². The van der Waals surface area contributed by atoms with Gasteiger partial charge in [0.25, 0.3) is 5.91 Å². The Morgan fingerprint density at radius 2 is 2.22 bits per heavy atom. The zero-order valence-corrected chi connectivity index (χ0v) is 12.1. The molecule has 1 aromatic carbocycles. The second-order valence-corrected chi connectivity index (χ2v) is 5.76. The van der Waals surface area contributed by atoms with E-state index in [4.69, 9.17) is 5.73 Å². The number of thiophene rings is 1. The number of carbonyl (C=O) groups is 1. The highest BCUT2D eigenvalue weighted by Gasteiger charge is 2.09. The third-order valence-corrected chi connectivity index (χ3v) is 3.92. The highest BCUT2D eigenvalue weighted by molar-refractivity contribution is 9.10. The summed E-state index contributed by atoms with van der Waals surface area (Å²) in [7, 11) is 0. The first kappa shape index (κ1) is 13.1. The first-order valence-corrected chi connectivity index (χ1v) is 7.19. The van der Waals surface area contributed by atoms with Gasteiger partial charge in [0.15, 0.2) is 0 Å². The highest BCUT2D eigenvalue weighted by atomic mass is 79.9. The molecule has 0 aliphatic rings. The van der Waals surface area contributed by atoms with E-state index < -0.39 is 0 Å². The number of halogens is 1. The van der Waals surface area contributed by atoms with Crippen molar-refractivity contribution in [3.63, 3.8) is 0 Å². The molecular formula is C13H13BrN2OS. The fourth-order valence-electron chi connectivity index (χ4n) is 1.59. The van der Waals surface area contributed by atoms with Gasteiger partial charge in [-0.15, -0.1) is 11.3 Å². The smallest absolute Gasteiger partial charge is 0.253 e. The number of amides is 1. The summed E-state index contributed by atoms with van der Waals surface area (Å²) in [5.74, 6) is -0.128. The van der Waals surface area contributed by atoms with Crippen LogP contribution in [-0.2, 0) is 6.42 Å². The molecule has 0 radical (unpaired) electrons. The van der Waals surface area contributed by atoms with Gasteiger partial charge in [-0.05, 0) is 36.1 Å². The Hall–Kier alpha value is -1.33. The van der Waals surface area contributed by atoms with Gasteiger partial charge >= 0.3 is 0 Å². The normalized spacial score (nSPS) is 10.3. The number of benzene rings is 1. The van der Waals surface area contributed by atoms with Crippen LogP contribution >= 0.6 is 27.3 Å². The van der Waals surface area contributed by atoms with Gasteiger partial charge in [0.1, 0.15) is 0 Å². The van der Waals surface area contributed by atoms with Gasteiger partial charge in [-0.2, -0.15) is 0 Å². The second kappa shape index (κ2) is 6.02. The van der Waals surface area contributed by atoms with Gasteiger partial charge in [0.2, 0.25) is 0 Å². The van der Waals surface area contributed by atoms with Crippen molar-refractivity contribution in [3.05, 3.63) is 50.6 Å². The van der Waals surface area contributed by atoms with Crippen LogP contribution in [0.25, 0.3) is 0 Å². The number of nitrogens with one attached hydrogen (secondary N) is 1. The van der Waals surface area contributed by atoms with Crippen LogP contribution in [0, 0.1) is 0 Å². The van der Waals surface area contributed by atoms with Crippen molar-refractivity contribution >= 4 is 38.9 Å². The van der Waals surface area contributed by atoms with Crippen molar-refractivity contribution in [2.24, 2.45) is 0 Å². The topological polar surface area (TPSA) is 55.1 Å². The molecule has 5 heteroatoms. The molecule has 94 valence electrons. The van der Waals surface area contributed by atoms with E-state index in [-0.39, 0.29) is 5.91 Å². The van der Waals surface area contributed by atoms with Gasteiger partial charge < -0.3 is 11.1 Å². The summed E-state index contributed by atoms with van der Waals surface area (Å²) in [5, 5.41) is 4.90. The first-order chi connectivity index (χ1) is 8.66. The van der Waals surface area contributed by atoms with Crippen LogP contribution in [-0.4, -0.2) is 12.5 Å². The summed E-state index contributed by atoms with van der Waals surface area (Å²) in [6, 6.07) is 9.33. The van der Waals surface area contributed by atoms with E-state index in [0.717, 1.165) is 10.9 Å². The molecule has 0 bridgehead atoms. The summed E-state index contributed by atoms with van der Waals surface area (Å²) < 4.78 is 0.870. The fourth-order valence-corrected chi connectivity index (χ4v) is 2.68. The Morgan fingerprint density at radius 3 is 2.89 bits per heavy atom. The second-order valence-electron chi connectivity index (χ2n) is 3.82. The van der Waals surface area contributed by atoms with Crippen LogP contribution in [0.15, 0.2) is 40.2 Å². The van der Waals surface area contributed by atoms with Crippen LogP contribution in [0.1, 0.15) is 15.2 Å². The number of carbonyl (C=O) groups excluding carboxylic acids is 1. The number of nitrogens with two attached hydrogens (primary N) is 1. The molecule has 2 aromatic rings. The molecule has 0 atom stereocenters. The Balaban J connectivity index is 1.91. The van der Waals surface area contributed by atoms with Crippen molar-refractivity contribution in [2.75, 3.05) is 12.3 Å². The lowest BCUT2D eigenvalue weighted by Crippen LogP contribution is -2.26. The van der Waals surface area contributed by atoms with Crippen LogP contribution < -0.4 is 11.1 Å². The molecule has 0 unspecified atom stereocenters. The van der Waals surface area contributed by atoms with Crippen molar-refractivity contribution in [2.45, 2.75) is 6.42 Å². The Kier molecular flexibility index (Phi) is 4.38. The molecule has 0 fully saturated rings. The van der Waals surface area contributed by atoms with E-state index in [1.165, 1.54) is 4.88 Å². The maximum Gasteiger partial charge on any atom is 0.253 e. The molecule has 0 aliphatic heterocycles. The lowest BCUT2D eigenvalue weighted by Gasteiger charge is -2.07. The first-order valence-electron chi connectivity index (χ1n) is 5.52. The quantitative estimate of drug-likeness (QED) is 0.849. The molecular weight excluding hydrogens is 312 g/mol. The van der Waals surface area contributed by atoms with Crippen molar-refractivity contribution < 1.29 is 4.79 Å². The van der Waals surface area contributed by atoms with E-state index in [9.17, 15) is 4.79 Å². The number of rotatable bonds is 4. The zero-order valence-electron chi connectivity index (χ0n) is 9.65. The largest absolute Gasteiger partial charge is 0.398 e. The van der Waals surface area contributed by atoms with Crippen LogP contribution in [0.3, 0.4) is 0 Å². The minimum Gasteiger partial charge on any atom is -0.398 e. The monoisotopic (exact) mass is 324 g/mol. The predicted octanol–water partition coefficient (Wildman–Crippen LogP) is 3.07. The summed E-state index contributed by atoms with van der Waals surface area (Å²) in [6.45, 7) is 0.620. The minimum absolute atomic E-state index is 0.128. The Bertz CT molecular complexity index is 540. The van der Waals surface area contributed by atoms with Gasteiger partial charge in [0.05, 0.1) is 5.56 Å². The maximum atomic E-state index is 11.9. The summed E-state index contributed by atoms with van der Waals surface area (Å²) in [6.07, 6.45) is 0.847. The molecule has 0 aliphatic carbocycles. The number of hydrogen-bond acceptors (Lipinski definition) is 3. The minimum atomic E-state index is -0.128. The molecule has 0 saturated heterocycles. The number of hydrogen-bond donors (Lipinski definition) is 2.